The molecule has 0 radical (unpaired) electrons. The van der Waals surface area contributed by atoms with Crippen LogP contribution < -0.4 is 5.73 Å². The molecule has 0 amide bonds. The highest BCUT2D eigenvalue weighted by Crippen LogP contribution is 2.43. The number of ether oxygens (including phenoxy) is 2. The number of unbranched alkanes of at least 4 members (excludes halogenated alkanes) is 1. The van der Waals surface area contributed by atoms with Gasteiger partial charge < -0.3 is 25.2 Å². The summed E-state index contributed by atoms with van der Waals surface area (Å²) < 4.78 is 32.4. The zero-order valence-corrected chi connectivity index (χ0v) is 34.0. The van der Waals surface area contributed by atoms with E-state index in [1.165, 1.54) is 0 Å². The molecule has 0 aliphatic heterocycles. The van der Waals surface area contributed by atoms with Crippen LogP contribution in [0.25, 0.3) is 0 Å². The maximum atomic E-state index is 12.5. The van der Waals surface area contributed by atoms with E-state index in [0.717, 1.165) is 44.9 Å². The van der Waals surface area contributed by atoms with Gasteiger partial charge in [0.25, 0.3) is 0 Å². The first kappa shape index (κ1) is 51.6. The van der Waals surface area contributed by atoms with Crippen molar-refractivity contribution in [3.63, 3.8) is 0 Å². The fourth-order valence-corrected chi connectivity index (χ4v) is 4.84. The average Bonchev–Trinajstić information content (AvgIpc) is 3.17. The smallest absolute Gasteiger partial charge is 0.472 e. The van der Waals surface area contributed by atoms with Gasteiger partial charge in [0, 0.05) is 12.8 Å². The molecule has 0 aromatic heterocycles. The van der Waals surface area contributed by atoms with E-state index in [4.69, 9.17) is 24.8 Å². The summed E-state index contributed by atoms with van der Waals surface area (Å²) >= 11 is 0. The van der Waals surface area contributed by atoms with Crippen molar-refractivity contribution in [1.29, 1.82) is 0 Å². The highest BCUT2D eigenvalue weighted by Gasteiger charge is 2.28. The summed E-state index contributed by atoms with van der Waals surface area (Å²) in [5.74, 6) is -2.61. The van der Waals surface area contributed by atoms with Gasteiger partial charge in [0.15, 0.2) is 6.10 Å². The van der Waals surface area contributed by atoms with Gasteiger partial charge in [0.05, 0.1) is 13.2 Å². The molecule has 0 aromatic carbocycles. The van der Waals surface area contributed by atoms with Gasteiger partial charge in [-0.05, 0) is 64.2 Å². The van der Waals surface area contributed by atoms with Crippen LogP contribution in [0.4, 0.5) is 0 Å². The van der Waals surface area contributed by atoms with E-state index >= 15 is 0 Å². The van der Waals surface area contributed by atoms with Gasteiger partial charge in [-0.1, -0.05) is 148 Å². The minimum absolute atomic E-state index is 0.0396. The van der Waals surface area contributed by atoms with Gasteiger partial charge in [0.2, 0.25) is 0 Å². The number of rotatable bonds is 33. The van der Waals surface area contributed by atoms with E-state index in [0.29, 0.717) is 19.3 Å². The molecule has 0 aliphatic rings. The fourth-order valence-electron chi connectivity index (χ4n) is 4.06. The second-order valence-electron chi connectivity index (χ2n) is 12.1. The third-order valence-corrected chi connectivity index (χ3v) is 7.99. The van der Waals surface area contributed by atoms with Crippen LogP contribution in [0.5, 0.6) is 0 Å². The number of nitrogens with two attached hydrogens (primary N) is 1. The molecule has 0 aliphatic carbocycles. The number of phosphoric acid groups is 1. The number of hydrogen-bond donors (Lipinski definition) is 3. The van der Waals surface area contributed by atoms with Gasteiger partial charge in [0.1, 0.15) is 12.6 Å². The van der Waals surface area contributed by atoms with Crippen molar-refractivity contribution in [2.75, 3.05) is 19.8 Å². The normalized spacial score (nSPS) is 15.2. The van der Waals surface area contributed by atoms with Crippen LogP contribution in [0.15, 0.2) is 134 Å². The molecule has 310 valence electrons. The van der Waals surface area contributed by atoms with Crippen molar-refractivity contribution >= 4 is 25.7 Å². The SMILES string of the molecule is CC/C=C/C=C/C=C/C=C/C=C/CCCC(=O)OC(COC(=O)CC/C=C/C/C=C/C/C=C/C/C=C/C/C=C/C/C=C/CC)COP(=O)(O)OC[C@@H](N)C(=O)O. The Labute approximate surface area is 334 Å². The lowest BCUT2D eigenvalue weighted by Gasteiger charge is -2.20. The van der Waals surface area contributed by atoms with E-state index in [1.54, 1.807) is 0 Å². The molecule has 4 N–H and O–H groups in total. The largest absolute Gasteiger partial charge is 0.480 e. The van der Waals surface area contributed by atoms with Crippen molar-refractivity contribution in [1.82, 2.24) is 0 Å². The van der Waals surface area contributed by atoms with E-state index in [-0.39, 0.29) is 12.8 Å². The molecule has 0 aromatic rings. The summed E-state index contributed by atoms with van der Waals surface area (Å²) in [4.78, 5) is 45.7. The van der Waals surface area contributed by atoms with Crippen molar-refractivity contribution in [2.24, 2.45) is 5.73 Å². The molecular formula is C44H64NO10P. The number of phosphoric ester groups is 1. The van der Waals surface area contributed by atoms with Gasteiger partial charge in [-0.25, -0.2) is 4.57 Å². The van der Waals surface area contributed by atoms with Crippen LogP contribution in [-0.2, 0) is 37.5 Å². The van der Waals surface area contributed by atoms with E-state index in [9.17, 15) is 23.8 Å². The molecule has 3 atom stereocenters. The Hall–Kier alpha value is -4.38. The predicted octanol–water partition coefficient (Wildman–Crippen LogP) is 9.83. The molecule has 0 saturated carbocycles. The molecule has 0 heterocycles. The van der Waals surface area contributed by atoms with E-state index in [2.05, 4.69) is 79.1 Å². The van der Waals surface area contributed by atoms with E-state index < -0.39 is 57.7 Å². The van der Waals surface area contributed by atoms with Crippen molar-refractivity contribution < 1.29 is 47.5 Å². The maximum absolute atomic E-state index is 12.5. The second kappa shape index (κ2) is 37.5. The van der Waals surface area contributed by atoms with Crippen molar-refractivity contribution in [3.05, 3.63) is 134 Å². The summed E-state index contributed by atoms with van der Waals surface area (Å²) in [5.41, 5.74) is 5.31. The Morgan fingerprint density at radius 3 is 1.55 bits per heavy atom. The zero-order chi connectivity index (χ0) is 41.4. The lowest BCUT2D eigenvalue weighted by atomic mass is 10.2. The molecule has 0 rings (SSSR count). The summed E-state index contributed by atoms with van der Waals surface area (Å²) in [5, 5.41) is 8.86. The standard InChI is InChI=1S/C44H64NO10P/c1-3-5-7-9-11-13-15-17-18-19-20-21-22-24-25-27-29-31-33-35-42(46)52-37-40(38-53-56(50,51)54-39-41(45)44(48)49)55-43(47)36-34-32-30-28-26-23-16-14-12-10-8-6-4-2/h5-8,10-14,16-18,20-21,23-26,28-31,40-41H,3-4,9,15,19,22,27,32-39,45H2,1-2H3,(H,48,49)(H,50,51)/b7-5+,8-6+,12-10+,13-11+,16-14+,18-17+,21-20+,25-24+,26-23+,30-28+,31-29+/t40?,41-/m1/s1. The molecule has 0 fully saturated rings. The predicted molar refractivity (Wildman–Crippen MR) is 225 cm³/mol. The molecular weight excluding hydrogens is 733 g/mol. The van der Waals surface area contributed by atoms with Gasteiger partial charge in [-0.3, -0.25) is 23.4 Å². The first-order valence-corrected chi connectivity index (χ1v) is 20.8. The number of carboxylic acids is 1. The number of carboxylic acid groups (broad SMARTS) is 1. The summed E-state index contributed by atoms with van der Waals surface area (Å²) in [6.07, 6.45) is 51.3. The molecule has 56 heavy (non-hydrogen) atoms. The molecule has 12 heteroatoms. The van der Waals surface area contributed by atoms with Crippen molar-refractivity contribution in [3.8, 4) is 0 Å². The third-order valence-electron chi connectivity index (χ3n) is 7.04. The Kier molecular flexibility index (Phi) is 34.6. The van der Waals surface area contributed by atoms with Gasteiger partial charge in [-0.2, -0.15) is 0 Å². The number of hydrogen-bond acceptors (Lipinski definition) is 9. The zero-order valence-electron chi connectivity index (χ0n) is 33.1. The number of aliphatic carboxylic acids is 1. The molecule has 2 unspecified atom stereocenters. The van der Waals surface area contributed by atoms with Crippen LogP contribution in [-0.4, -0.2) is 59.9 Å². The van der Waals surface area contributed by atoms with Crippen LogP contribution in [0.2, 0.25) is 0 Å². The fraction of sp³-hybridized carbons (Fsp3) is 0.432. The number of carbonyl (C=O) groups is 3. The molecule has 0 saturated heterocycles. The number of esters is 2. The quantitative estimate of drug-likeness (QED) is 0.0190. The molecule has 0 bridgehead atoms. The molecule has 0 spiro atoms. The summed E-state index contributed by atoms with van der Waals surface area (Å²) in [7, 11) is -4.76. The number of carbonyl (C=O) groups excluding carboxylic acids is 2. The first-order chi connectivity index (χ1) is 27.1. The van der Waals surface area contributed by atoms with Crippen LogP contribution in [0.1, 0.15) is 90.9 Å². The lowest BCUT2D eigenvalue weighted by Crippen LogP contribution is -2.34. The third kappa shape index (κ3) is 36.6. The highest BCUT2D eigenvalue weighted by atomic mass is 31.2. The van der Waals surface area contributed by atoms with E-state index in [1.807, 2.05) is 72.9 Å². The molecule has 11 nitrogen and oxygen atoms in total. The summed E-state index contributed by atoms with van der Waals surface area (Å²) in [6, 6.07) is -1.55. The minimum Gasteiger partial charge on any atom is -0.480 e. The number of allylic oxidation sites excluding steroid dienone is 22. The van der Waals surface area contributed by atoms with Crippen molar-refractivity contribution in [2.45, 2.75) is 103 Å². The van der Waals surface area contributed by atoms with Crippen LogP contribution >= 0.6 is 7.82 Å². The Morgan fingerprint density at radius 1 is 0.571 bits per heavy atom. The lowest BCUT2D eigenvalue weighted by molar-refractivity contribution is -0.161. The second-order valence-corrected chi connectivity index (χ2v) is 13.5. The summed E-state index contributed by atoms with van der Waals surface area (Å²) in [6.45, 7) is 2.34. The maximum Gasteiger partial charge on any atom is 0.472 e. The Bertz CT molecular complexity index is 1450. The van der Waals surface area contributed by atoms with Crippen LogP contribution in [0, 0.1) is 0 Å². The average molecular weight is 798 g/mol. The topological polar surface area (TPSA) is 172 Å². The Balaban J connectivity index is 4.68. The monoisotopic (exact) mass is 797 g/mol. The first-order valence-electron chi connectivity index (χ1n) is 19.3. The minimum atomic E-state index is -4.76. The van der Waals surface area contributed by atoms with Crippen LogP contribution in [0.3, 0.4) is 0 Å². The highest BCUT2D eigenvalue weighted by molar-refractivity contribution is 7.47. The van der Waals surface area contributed by atoms with Gasteiger partial charge >= 0.3 is 25.7 Å². The Morgan fingerprint density at radius 2 is 1.04 bits per heavy atom. The van der Waals surface area contributed by atoms with Gasteiger partial charge in [-0.15, -0.1) is 0 Å².